The van der Waals surface area contributed by atoms with Crippen LogP contribution in [0.3, 0.4) is 0 Å². The number of carbonyl (C=O) groups excluding carboxylic acids is 1. The molecule has 4 rings (SSSR count). The quantitative estimate of drug-likeness (QED) is 0.315. The lowest BCUT2D eigenvalue weighted by Gasteiger charge is -2.27. The minimum Gasteiger partial charge on any atom is -0.398 e. The number of anilines is 2. The van der Waals surface area contributed by atoms with Gasteiger partial charge < -0.3 is 21.8 Å². The summed E-state index contributed by atoms with van der Waals surface area (Å²) in [7, 11) is 0. The lowest BCUT2D eigenvalue weighted by Crippen LogP contribution is -2.34. The number of amidine groups is 1. The number of hydrogen-bond acceptors (Lipinski definition) is 6. The molecule has 3 aromatic rings. The summed E-state index contributed by atoms with van der Waals surface area (Å²) in [5.41, 5.74) is 8.15. The molecule has 35 heavy (non-hydrogen) atoms. The summed E-state index contributed by atoms with van der Waals surface area (Å²) in [5, 5.41) is 13.4. The Labute approximate surface area is 199 Å². The smallest absolute Gasteiger partial charge is 0.398 e. The third kappa shape index (κ3) is 5.06. The first kappa shape index (κ1) is 23.7. The number of aliphatic imine (C=N–C) groups is 1. The highest BCUT2D eigenvalue weighted by molar-refractivity contribution is 6.09. The van der Waals surface area contributed by atoms with Gasteiger partial charge in [-0.25, -0.2) is 0 Å². The van der Waals surface area contributed by atoms with E-state index in [2.05, 4.69) is 20.6 Å². The van der Waals surface area contributed by atoms with Crippen molar-refractivity contribution < 1.29 is 18.0 Å². The van der Waals surface area contributed by atoms with E-state index in [4.69, 9.17) is 11.1 Å². The van der Waals surface area contributed by atoms with Crippen LogP contribution in [0.15, 0.2) is 83.3 Å². The molecule has 0 bridgehead atoms. The molecule has 2 aromatic carbocycles. The summed E-state index contributed by atoms with van der Waals surface area (Å²) in [5.74, 6) is -0.0250. The molecular formula is C25H21F3N6O. The zero-order valence-corrected chi connectivity index (χ0v) is 18.5. The monoisotopic (exact) mass is 478 g/mol. The van der Waals surface area contributed by atoms with E-state index in [-0.39, 0.29) is 5.57 Å². The number of rotatable bonds is 5. The highest BCUT2D eigenvalue weighted by atomic mass is 19.4. The number of carbonyl (C=O) groups is 1. The number of nitrogen functional groups attached to an aromatic ring is 1. The Morgan fingerprint density at radius 2 is 1.80 bits per heavy atom. The van der Waals surface area contributed by atoms with Gasteiger partial charge in [0.2, 0.25) is 0 Å². The Kier molecular flexibility index (Phi) is 6.37. The van der Waals surface area contributed by atoms with Crippen molar-refractivity contribution in [1.29, 1.82) is 5.41 Å². The summed E-state index contributed by atoms with van der Waals surface area (Å²) in [6.07, 6.45) is -0.217. The van der Waals surface area contributed by atoms with Crippen molar-refractivity contribution in [3.8, 4) is 0 Å². The van der Waals surface area contributed by atoms with Gasteiger partial charge in [0.15, 0.2) is 0 Å². The third-order valence-corrected chi connectivity index (χ3v) is 5.49. The minimum absolute atomic E-state index is 0.246. The number of pyridine rings is 1. The Morgan fingerprint density at radius 1 is 1.11 bits per heavy atom. The number of nitrogens with one attached hydrogen (secondary N) is 3. The number of nitrogens with zero attached hydrogens (tertiary/aromatic N) is 2. The van der Waals surface area contributed by atoms with E-state index < -0.39 is 23.7 Å². The molecule has 1 aliphatic heterocycles. The van der Waals surface area contributed by atoms with Gasteiger partial charge in [-0.05, 0) is 55.0 Å². The predicted molar refractivity (Wildman–Crippen MR) is 128 cm³/mol. The lowest BCUT2D eigenvalue weighted by molar-refractivity contribution is -0.137. The van der Waals surface area contributed by atoms with Crippen LogP contribution in [0.4, 0.5) is 24.5 Å². The molecule has 0 aliphatic carbocycles. The van der Waals surface area contributed by atoms with E-state index in [1.807, 2.05) is 0 Å². The van der Waals surface area contributed by atoms with Gasteiger partial charge in [0.1, 0.15) is 11.9 Å². The van der Waals surface area contributed by atoms with Crippen LogP contribution in [0, 0.1) is 5.41 Å². The Hall–Kier alpha value is -4.47. The molecule has 1 aliphatic rings. The van der Waals surface area contributed by atoms with E-state index in [1.165, 1.54) is 12.1 Å². The molecule has 1 unspecified atom stereocenters. The van der Waals surface area contributed by atoms with Gasteiger partial charge in [-0.3, -0.25) is 14.8 Å². The fourth-order valence-corrected chi connectivity index (χ4v) is 3.70. The van der Waals surface area contributed by atoms with Gasteiger partial charge in [-0.2, -0.15) is 13.2 Å². The van der Waals surface area contributed by atoms with Gasteiger partial charge in [-0.15, -0.1) is 0 Å². The molecule has 2 heterocycles. The van der Waals surface area contributed by atoms with E-state index in [0.29, 0.717) is 39.6 Å². The fourth-order valence-electron chi connectivity index (χ4n) is 3.70. The molecule has 0 radical (unpaired) electrons. The zero-order chi connectivity index (χ0) is 25.2. The minimum atomic E-state index is -4.48. The van der Waals surface area contributed by atoms with E-state index in [0.717, 1.165) is 18.3 Å². The van der Waals surface area contributed by atoms with E-state index in [9.17, 15) is 18.0 Å². The second-order valence-corrected chi connectivity index (χ2v) is 7.84. The van der Waals surface area contributed by atoms with Crippen molar-refractivity contribution in [3.63, 3.8) is 0 Å². The first-order valence-corrected chi connectivity index (χ1v) is 10.5. The maximum Gasteiger partial charge on any atom is 0.416 e. The van der Waals surface area contributed by atoms with Crippen LogP contribution in [0.5, 0.6) is 0 Å². The molecule has 5 N–H and O–H groups in total. The Bertz CT molecular complexity index is 1330. The lowest BCUT2D eigenvalue weighted by atomic mass is 9.94. The maximum atomic E-state index is 13.4. The van der Waals surface area contributed by atoms with Gasteiger partial charge in [0.25, 0.3) is 5.91 Å². The first-order chi connectivity index (χ1) is 16.7. The largest absolute Gasteiger partial charge is 0.416 e. The molecule has 1 amide bonds. The third-order valence-electron chi connectivity index (χ3n) is 5.49. The predicted octanol–water partition coefficient (Wildman–Crippen LogP) is 4.68. The van der Waals surface area contributed by atoms with Crippen LogP contribution in [-0.4, -0.2) is 22.9 Å². The summed E-state index contributed by atoms with van der Waals surface area (Å²) in [6.45, 7) is 1.70. The number of halogens is 3. The SMILES string of the molecule is CC1=C(C(=O)Nc2ccc(N)c(C=N)c2)C(c2ccc(C(F)(F)F)cc2)N=C(c2ccncc2)N1. The van der Waals surface area contributed by atoms with Crippen molar-refractivity contribution in [1.82, 2.24) is 10.3 Å². The van der Waals surface area contributed by atoms with Crippen LogP contribution < -0.4 is 16.4 Å². The molecule has 0 saturated carbocycles. The van der Waals surface area contributed by atoms with Crippen molar-refractivity contribution in [2.24, 2.45) is 4.99 Å². The molecule has 1 atom stereocenters. The number of aromatic nitrogens is 1. The van der Waals surface area contributed by atoms with Crippen LogP contribution in [0.25, 0.3) is 0 Å². The normalized spacial score (nSPS) is 15.8. The topological polar surface area (TPSA) is 116 Å². The average Bonchev–Trinajstić information content (AvgIpc) is 2.84. The van der Waals surface area contributed by atoms with Crippen LogP contribution >= 0.6 is 0 Å². The molecule has 1 aromatic heterocycles. The van der Waals surface area contributed by atoms with Crippen molar-refractivity contribution in [2.45, 2.75) is 19.1 Å². The summed E-state index contributed by atoms with van der Waals surface area (Å²) < 4.78 is 39.3. The highest BCUT2D eigenvalue weighted by Gasteiger charge is 2.33. The van der Waals surface area contributed by atoms with Crippen LogP contribution in [0.2, 0.25) is 0 Å². The molecule has 0 fully saturated rings. The number of alkyl halides is 3. The average molecular weight is 478 g/mol. The zero-order valence-electron chi connectivity index (χ0n) is 18.5. The number of benzene rings is 2. The molecule has 178 valence electrons. The first-order valence-electron chi connectivity index (χ1n) is 10.5. The molecule has 0 saturated heterocycles. The van der Waals surface area contributed by atoms with Crippen LogP contribution in [-0.2, 0) is 11.0 Å². The fraction of sp³-hybridized carbons (Fsp3) is 0.120. The number of nitrogens with two attached hydrogens (primary N) is 1. The summed E-state index contributed by atoms with van der Waals surface area (Å²) in [4.78, 5) is 22.0. The molecule has 10 heteroatoms. The maximum absolute atomic E-state index is 13.4. The number of allylic oxidation sites excluding steroid dienone is 1. The van der Waals surface area contributed by atoms with Crippen molar-refractivity contribution in [2.75, 3.05) is 11.1 Å². The molecule has 0 spiro atoms. The second-order valence-electron chi connectivity index (χ2n) is 7.84. The molecular weight excluding hydrogens is 457 g/mol. The van der Waals surface area contributed by atoms with Gasteiger partial charge in [0, 0.05) is 46.8 Å². The molecule has 7 nitrogen and oxygen atoms in total. The van der Waals surface area contributed by atoms with E-state index >= 15 is 0 Å². The number of amides is 1. The van der Waals surface area contributed by atoms with Crippen molar-refractivity contribution in [3.05, 3.63) is 101 Å². The van der Waals surface area contributed by atoms with Gasteiger partial charge in [-0.1, -0.05) is 12.1 Å². The second kappa shape index (κ2) is 9.41. The van der Waals surface area contributed by atoms with Gasteiger partial charge in [0.05, 0.1) is 11.1 Å². The summed E-state index contributed by atoms with van der Waals surface area (Å²) in [6, 6.07) is 11.9. The highest BCUT2D eigenvalue weighted by Crippen LogP contribution is 2.35. The van der Waals surface area contributed by atoms with Crippen molar-refractivity contribution >= 4 is 29.3 Å². The van der Waals surface area contributed by atoms with E-state index in [1.54, 1.807) is 49.6 Å². The van der Waals surface area contributed by atoms with Gasteiger partial charge >= 0.3 is 6.18 Å². The summed E-state index contributed by atoms with van der Waals surface area (Å²) >= 11 is 0. The Balaban J connectivity index is 1.74. The Morgan fingerprint density at radius 3 is 2.43 bits per heavy atom. The standard InChI is InChI=1S/C25H21F3N6O/c1-14-21(24(35)33-19-6-7-20(30)17(12-19)13-29)22(15-2-4-18(5-3-15)25(26,27)28)34-23(32-14)16-8-10-31-11-9-16/h2-13,22,29H,30H2,1H3,(H,32,34)(H,33,35). The number of hydrogen-bond donors (Lipinski definition) is 4. The van der Waals surface area contributed by atoms with Crippen LogP contribution in [0.1, 0.15) is 35.2 Å².